The number of amides is 1. The van der Waals surface area contributed by atoms with Crippen LogP contribution in [0.5, 0.6) is 11.5 Å². The van der Waals surface area contributed by atoms with Crippen molar-refractivity contribution in [2.45, 2.75) is 11.3 Å². The molecule has 0 aliphatic carbocycles. The van der Waals surface area contributed by atoms with Gasteiger partial charge in [0.05, 0.1) is 35.9 Å². The van der Waals surface area contributed by atoms with E-state index in [4.69, 9.17) is 9.47 Å². The summed E-state index contributed by atoms with van der Waals surface area (Å²) in [5.41, 5.74) is 4.97. The van der Waals surface area contributed by atoms with Crippen LogP contribution in [0.1, 0.15) is 12.5 Å². The first-order valence-corrected chi connectivity index (χ1v) is 9.95. The molecule has 27 heavy (non-hydrogen) atoms. The first-order valence-electron chi connectivity index (χ1n) is 8.14. The minimum absolute atomic E-state index is 0.189. The molecule has 140 valence electrons. The van der Waals surface area contributed by atoms with Gasteiger partial charge in [-0.3, -0.25) is 4.79 Å². The molecule has 0 saturated carbocycles. The van der Waals surface area contributed by atoms with Crippen molar-refractivity contribution in [3.63, 3.8) is 0 Å². The van der Waals surface area contributed by atoms with E-state index in [1.165, 1.54) is 11.8 Å². The Hall–Kier alpha value is -2.58. The van der Waals surface area contributed by atoms with Gasteiger partial charge in [-0.2, -0.15) is 5.10 Å². The summed E-state index contributed by atoms with van der Waals surface area (Å²) < 4.78 is 12.5. The zero-order valence-electron chi connectivity index (χ0n) is 15.2. The van der Waals surface area contributed by atoms with Crippen LogP contribution >= 0.6 is 23.1 Å². The van der Waals surface area contributed by atoms with Crippen LogP contribution in [0.3, 0.4) is 0 Å². The lowest BCUT2D eigenvalue weighted by Crippen LogP contribution is -2.21. The number of carbonyl (C=O) groups excluding carboxylic acids is 1. The number of nitrogens with zero attached hydrogens (tertiary/aromatic N) is 2. The molecule has 1 N–H and O–H groups in total. The fraction of sp³-hybridized carbons (Fsp3) is 0.211. The zero-order valence-corrected chi connectivity index (χ0v) is 16.8. The van der Waals surface area contributed by atoms with Gasteiger partial charge < -0.3 is 9.47 Å². The molecule has 0 bridgehead atoms. The monoisotopic (exact) mass is 401 g/mol. The highest BCUT2D eigenvalue weighted by Crippen LogP contribution is 2.29. The van der Waals surface area contributed by atoms with E-state index >= 15 is 0 Å². The van der Waals surface area contributed by atoms with Crippen LogP contribution in [0.25, 0.3) is 10.2 Å². The molecule has 2 aromatic carbocycles. The van der Waals surface area contributed by atoms with E-state index in [1.807, 2.05) is 43.3 Å². The number of aromatic nitrogens is 1. The SMILES string of the molecule is COc1ccc(C(C)=NNC(=O)CSc2nc3ccccc3s2)c(OC)c1. The van der Waals surface area contributed by atoms with Crippen molar-refractivity contribution in [1.82, 2.24) is 10.4 Å². The van der Waals surface area contributed by atoms with Gasteiger partial charge >= 0.3 is 0 Å². The topological polar surface area (TPSA) is 72.8 Å². The summed E-state index contributed by atoms with van der Waals surface area (Å²) in [5.74, 6) is 1.38. The van der Waals surface area contributed by atoms with Crippen LogP contribution in [-0.4, -0.2) is 36.6 Å². The number of hydrogen-bond acceptors (Lipinski definition) is 7. The van der Waals surface area contributed by atoms with Gasteiger partial charge in [0.25, 0.3) is 5.91 Å². The molecule has 1 heterocycles. The lowest BCUT2D eigenvalue weighted by molar-refractivity contribution is -0.118. The molecule has 0 atom stereocenters. The van der Waals surface area contributed by atoms with Crippen LogP contribution < -0.4 is 14.9 Å². The summed E-state index contributed by atoms with van der Waals surface area (Å²) >= 11 is 2.98. The molecule has 0 spiro atoms. The lowest BCUT2D eigenvalue weighted by atomic mass is 10.1. The number of rotatable bonds is 7. The number of thioether (sulfide) groups is 1. The van der Waals surface area contributed by atoms with Crippen LogP contribution in [0.2, 0.25) is 0 Å². The first kappa shape index (κ1) is 19.2. The summed E-state index contributed by atoms with van der Waals surface area (Å²) in [5, 5.41) is 4.18. The smallest absolute Gasteiger partial charge is 0.250 e. The van der Waals surface area contributed by atoms with Gasteiger partial charge in [-0.1, -0.05) is 23.9 Å². The Morgan fingerprint density at radius 2 is 2.04 bits per heavy atom. The number of ether oxygens (including phenoxy) is 2. The van der Waals surface area contributed by atoms with Gasteiger partial charge in [0.15, 0.2) is 4.34 Å². The molecule has 3 rings (SSSR count). The molecular formula is C19H19N3O3S2. The largest absolute Gasteiger partial charge is 0.497 e. The van der Waals surface area contributed by atoms with Gasteiger partial charge in [-0.25, -0.2) is 10.4 Å². The van der Waals surface area contributed by atoms with Crippen molar-refractivity contribution < 1.29 is 14.3 Å². The van der Waals surface area contributed by atoms with E-state index in [1.54, 1.807) is 31.6 Å². The number of fused-ring (bicyclic) bond motifs is 1. The molecule has 1 aromatic heterocycles. The number of methoxy groups -OCH3 is 2. The molecule has 0 aliphatic rings. The van der Waals surface area contributed by atoms with Crippen molar-refractivity contribution in [2.24, 2.45) is 5.10 Å². The van der Waals surface area contributed by atoms with Gasteiger partial charge in [0.2, 0.25) is 0 Å². The van der Waals surface area contributed by atoms with Crippen LogP contribution in [0.4, 0.5) is 0 Å². The van der Waals surface area contributed by atoms with Crippen LogP contribution in [-0.2, 0) is 4.79 Å². The number of carbonyl (C=O) groups is 1. The Morgan fingerprint density at radius 1 is 1.22 bits per heavy atom. The average molecular weight is 402 g/mol. The second kappa shape index (κ2) is 8.88. The van der Waals surface area contributed by atoms with Gasteiger partial charge in [0, 0.05) is 11.6 Å². The average Bonchev–Trinajstić information content (AvgIpc) is 3.12. The van der Waals surface area contributed by atoms with Crippen molar-refractivity contribution >= 4 is 44.9 Å². The minimum atomic E-state index is -0.189. The number of benzene rings is 2. The quantitative estimate of drug-likeness (QED) is 0.369. The van der Waals surface area contributed by atoms with E-state index in [0.717, 1.165) is 20.1 Å². The standard InChI is InChI=1S/C19H19N3O3S2/c1-12(14-9-8-13(24-2)10-16(14)25-3)21-22-18(23)11-26-19-20-15-6-4-5-7-17(15)27-19/h4-10H,11H2,1-3H3,(H,22,23). The molecule has 0 aliphatic heterocycles. The highest BCUT2D eigenvalue weighted by molar-refractivity contribution is 8.01. The number of nitrogens with one attached hydrogen (secondary N) is 1. The molecule has 0 saturated heterocycles. The fourth-order valence-electron chi connectivity index (χ4n) is 2.38. The number of hydrogen-bond donors (Lipinski definition) is 1. The third kappa shape index (κ3) is 4.78. The van der Waals surface area contributed by atoms with E-state index in [9.17, 15) is 4.79 Å². The van der Waals surface area contributed by atoms with Crippen LogP contribution in [0.15, 0.2) is 51.9 Å². The Bertz CT molecular complexity index is 952. The molecule has 0 radical (unpaired) electrons. The van der Waals surface area contributed by atoms with Gasteiger partial charge in [0.1, 0.15) is 11.5 Å². The summed E-state index contributed by atoms with van der Waals surface area (Å²) in [6, 6.07) is 13.4. The van der Waals surface area contributed by atoms with Crippen molar-refractivity contribution in [2.75, 3.05) is 20.0 Å². The summed E-state index contributed by atoms with van der Waals surface area (Å²) in [4.78, 5) is 16.6. The highest BCUT2D eigenvalue weighted by Gasteiger charge is 2.10. The third-order valence-corrected chi connectivity index (χ3v) is 5.93. The number of hydrazone groups is 1. The first-order chi connectivity index (χ1) is 13.1. The molecule has 3 aromatic rings. The summed E-state index contributed by atoms with van der Waals surface area (Å²) in [6.45, 7) is 1.81. The lowest BCUT2D eigenvalue weighted by Gasteiger charge is -2.10. The highest BCUT2D eigenvalue weighted by atomic mass is 32.2. The predicted octanol–water partition coefficient (Wildman–Crippen LogP) is 3.95. The predicted molar refractivity (Wildman–Crippen MR) is 110 cm³/mol. The number of para-hydroxylation sites is 1. The van der Waals surface area contributed by atoms with Crippen LogP contribution in [0, 0.1) is 0 Å². The number of thiazole rings is 1. The molecule has 6 nitrogen and oxygen atoms in total. The molecular weight excluding hydrogens is 382 g/mol. The Morgan fingerprint density at radius 3 is 2.78 bits per heavy atom. The summed E-state index contributed by atoms with van der Waals surface area (Å²) in [6.07, 6.45) is 0. The maximum absolute atomic E-state index is 12.1. The zero-order chi connectivity index (χ0) is 19.2. The maximum Gasteiger partial charge on any atom is 0.250 e. The Labute approximate surface area is 165 Å². The van der Waals surface area contributed by atoms with E-state index in [0.29, 0.717) is 17.2 Å². The third-order valence-electron chi connectivity index (χ3n) is 3.75. The van der Waals surface area contributed by atoms with Crippen molar-refractivity contribution in [1.29, 1.82) is 0 Å². The normalized spacial score (nSPS) is 11.4. The van der Waals surface area contributed by atoms with E-state index in [-0.39, 0.29) is 11.7 Å². The second-order valence-corrected chi connectivity index (χ2v) is 7.79. The van der Waals surface area contributed by atoms with Crippen molar-refractivity contribution in [3.8, 4) is 11.5 Å². The van der Waals surface area contributed by atoms with Crippen molar-refractivity contribution in [3.05, 3.63) is 48.0 Å². The van der Waals surface area contributed by atoms with E-state index in [2.05, 4.69) is 15.5 Å². The summed E-state index contributed by atoms with van der Waals surface area (Å²) in [7, 11) is 3.18. The molecule has 0 unspecified atom stereocenters. The molecule has 0 fully saturated rings. The molecule has 8 heteroatoms. The van der Waals surface area contributed by atoms with Gasteiger partial charge in [-0.15, -0.1) is 11.3 Å². The Balaban J connectivity index is 1.60. The van der Waals surface area contributed by atoms with E-state index < -0.39 is 0 Å². The second-order valence-electron chi connectivity index (χ2n) is 5.53. The van der Waals surface area contributed by atoms with Gasteiger partial charge in [-0.05, 0) is 31.2 Å². The molecule has 1 amide bonds. The maximum atomic E-state index is 12.1. The minimum Gasteiger partial charge on any atom is -0.497 e. The fourth-order valence-corrected chi connectivity index (χ4v) is 4.24. The Kier molecular flexibility index (Phi) is 6.31.